The Balaban J connectivity index is 0.000000168. The molecular formula is C52H68CoN4O5. The Bertz CT molecular complexity index is 2430. The Morgan fingerprint density at radius 3 is 1.87 bits per heavy atom. The predicted molar refractivity (Wildman–Crippen MR) is 247 cm³/mol. The number of ether oxygens (including phenoxy) is 1. The molecule has 3 N–H and O–H groups in total. The van der Waals surface area contributed by atoms with Crippen molar-refractivity contribution in [3.63, 3.8) is 0 Å². The van der Waals surface area contributed by atoms with Gasteiger partial charge in [0.05, 0.1) is 11.7 Å². The van der Waals surface area contributed by atoms with E-state index in [1.807, 2.05) is 78.2 Å². The van der Waals surface area contributed by atoms with Crippen LogP contribution >= 0.6 is 0 Å². The van der Waals surface area contributed by atoms with Crippen LogP contribution in [0.2, 0.25) is 0 Å². The van der Waals surface area contributed by atoms with Crippen molar-refractivity contribution in [3.05, 3.63) is 83.4 Å². The van der Waals surface area contributed by atoms with E-state index < -0.39 is 5.72 Å². The molecule has 1 spiro atoms. The molecule has 2 saturated carbocycles. The number of fused-ring (bicyclic) bond motifs is 6. The van der Waals surface area contributed by atoms with Gasteiger partial charge in [-0.15, -0.1) is 0 Å². The topological polar surface area (TPSA) is 128 Å². The average molecular weight is 888 g/mol. The smallest absolute Gasteiger partial charge is 0.223 e. The number of hydrogen-bond donors (Lipinski definition) is 3. The van der Waals surface area contributed by atoms with Crippen molar-refractivity contribution in [1.82, 2.24) is 14.9 Å². The second kappa shape index (κ2) is 16.7. The number of phenolic OH excluding ortho intramolecular Hbond substituents is 2. The van der Waals surface area contributed by atoms with Crippen molar-refractivity contribution in [3.8, 4) is 17.2 Å². The molecule has 2 aromatic heterocycles. The average Bonchev–Trinajstić information content (AvgIpc) is 3.28. The van der Waals surface area contributed by atoms with Gasteiger partial charge < -0.3 is 20.1 Å². The summed E-state index contributed by atoms with van der Waals surface area (Å²) in [7, 11) is 2.26. The van der Waals surface area contributed by atoms with Crippen LogP contribution in [0.3, 0.4) is 0 Å². The molecule has 4 aromatic rings. The van der Waals surface area contributed by atoms with E-state index >= 15 is 0 Å². The largest absolute Gasteiger partial charge is 0.504 e. The summed E-state index contributed by atoms with van der Waals surface area (Å²) in [5.41, 5.74) is 4.38. The van der Waals surface area contributed by atoms with Crippen molar-refractivity contribution < 1.29 is 41.6 Å². The number of rotatable bonds is 0. The van der Waals surface area contributed by atoms with E-state index in [2.05, 4.69) is 81.8 Å². The summed E-state index contributed by atoms with van der Waals surface area (Å²) in [6.07, 6.45) is 16.0. The van der Waals surface area contributed by atoms with E-state index in [9.17, 15) is 20.1 Å². The summed E-state index contributed by atoms with van der Waals surface area (Å²) in [5, 5.41) is 31.4. The zero-order valence-corrected chi connectivity index (χ0v) is 40.1. The maximum Gasteiger partial charge on any atom is 0.223 e. The molecule has 1 radical (unpaired) electrons. The van der Waals surface area contributed by atoms with Crippen molar-refractivity contribution in [2.45, 2.75) is 138 Å². The monoisotopic (exact) mass is 887 g/mol. The van der Waals surface area contributed by atoms with Gasteiger partial charge in [-0.3, -0.25) is 24.7 Å². The molecule has 4 bridgehead atoms. The summed E-state index contributed by atoms with van der Waals surface area (Å²) in [5.74, 6) is 2.81. The van der Waals surface area contributed by atoms with Crippen LogP contribution in [0.25, 0.3) is 21.8 Å². The number of phenols is 2. The molecule has 62 heavy (non-hydrogen) atoms. The minimum absolute atomic E-state index is 0. The summed E-state index contributed by atoms with van der Waals surface area (Å²) in [6, 6.07) is 12.3. The molecule has 3 aliphatic heterocycles. The molecule has 3 aliphatic carbocycles. The molecular weight excluding hydrogens is 820 g/mol. The van der Waals surface area contributed by atoms with Gasteiger partial charge in [-0.2, -0.15) is 0 Å². The van der Waals surface area contributed by atoms with Crippen LogP contribution < -0.4 is 4.74 Å². The quantitative estimate of drug-likeness (QED) is 0.118. The number of nitrogens with zero attached hydrogens (tertiary/aromatic N) is 4. The number of aliphatic imine (C=N–C) groups is 1. The minimum atomic E-state index is -0.444. The first-order valence-electron chi connectivity index (χ1n) is 22.2. The molecule has 0 amide bonds. The van der Waals surface area contributed by atoms with Crippen LogP contribution in [-0.2, 0) is 32.4 Å². The molecule has 5 heterocycles. The van der Waals surface area contributed by atoms with Gasteiger partial charge in [-0.25, -0.2) is 0 Å². The fraction of sp³-hybridized carbons (Fsp3) is 0.538. The number of pyridine rings is 2. The number of hydrogen-bond acceptors (Lipinski definition) is 9. The van der Waals surface area contributed by atoms with E-state index in [-0.39, 0.29) is 67.4 Å². The van der Waals surface area contributed by atoms with Crippen LogP contribution in [0, 0.1) is 34.5 Å². The molecule has 10 rings (SSSR count). The predicted octanol–water partition coefficient (Wildman–Crippen LogP) is 12.1. The van der Waals surface area contributed by atoms with E-state index in [0.717, 1.165) is 56.2 Å². The third-order valence-electron chi connectivity index (χ3n) is 13.7. The summed E-state index contributed by atoms with van der Waals surface area (Å²) in [4.78, 5) is 28.7. The second-order valence-corrected chi connectivity index (χ2v) is 22.5. The normalized spacial score (nSPS) is 25.7. The van der Waals surface area contributed by atoms with Gasteiger partial charge in [0.25, 0.3) is 0 Å². The molecule has 4 unspecified atom stereocenters. The Labute approximate surface area is 379 Å². The van der Waals surface area contributed by atoms with Gasteiger partial charge in [0.15, 0.2) is 23.0 Å². The first-order chi connectivity index (χ1) is 28.3. The molecule has 4 atom stereocenters. The van der Waals surface area contributed by atoms with Gasteiger partial charge in [-0.1, -0.05) is 95.2 Å². The van der Waals surface area contributed by atoms with Crippen molar-refractivity contribution in [2.75, 3.05) is 7.05 Å². The van der Waals surface area contributed by atoms with Crippen molar-refractivity contribution >= 4 is 39.5 Å². The molecule has 10 heteroatoms. The van der Waals surface area contributed by atoms with Crippen LogP contribution in [0.15, 0.2) is 77.3 Å². The maximum atomic E-state index is 11.9. The zero-order chi connectivity index (χ0) is 44.6. The molecule has 2 aromatic carbocycles. The van der Waals surface area contributed by atoms with E-state index in [1.165, 1.54) is 32.1 Å². The summed E-state index contributed by atoms with van der Waals surface area (Å²) < 4.78 is 7.07. The molecule has 9 nitrogen and oxygen atoms in total. The number of aliphatic hydroxyl groups excluding tert-OH is 1. The van der Waals surface area contributed by atoms with Gasteiger partial charge in [-0.05, 0) is 115 Å². The van der Waals surface area contributed by atoms with E-state index in [4.69, 9.17) is 9.73 Å². The van der Waals surface area contributed by atoms with Gasteiger partial charge >= 0.3 is 0 Å². The Kier molecular flexibility index (Phi) is 12.7. The van der Waals surface area contributed by atoms with E-state index in [0.29, 0.717) is 17.5 Å². The minimum Gasteiger partial charge on any atom is -0.504 e. The Hall–Kier alpha value is -4.25. The van der Waals surface area contributed by atoms with Gasteiger partial charge in [0.2, 0.25) is 11.5 Å². The summed E-state index contributed by atoms with van der Waals surface area (Å²) >= 11 is 0. The van der Waals surface area contributed by atoms with Crippen molar-refractivity contribution in [1.29, 1.82) is 0 Å². The van der Waals surface area contributed by atoms with Gasteiger partial charge in [0.1, 0.15) is 11.2 Å². The number of carbonyl (C=O) groups excluding carboxylic acids is 1. The summed E-state index contributed by atoms with van der Waals surface area (Å²) in [6.45, 7) is 24.6. The SMILES string of the molecule is CC(C)(C)C1=CC(C(C)(C)C)C=C(O)C1=O.CC(C)(C)c1cc(O)c(O)c(C(C)(C)C)c1.CN1C2CC3CC(C2)CC(C3)C12C=Nc1c(c3cccnc3c3ncccc13)O2.[Co]. The van der Waals surface area contributed by atoms with Crippen molar-refractivity contribution in [2.24, 2.45) is 39.5 Å². The Morgan fingerprint density at radius 2 is 1.32 bits per heavy atom. The number of aliphatic hydroxyl groups is 1. The molecule has 2 saturated heterocycles. The zero-order valence-electron chi connectivity index (χ0n) is 39.1. The first kappa shape index (κ1) is 47.2. The number of benzene rings is 2. The van der Waals surface area contributed by atoms with Crippen LogP contribution in [0.1, 0.15) is 126 Å². The van der Waals surface area contributed by atoms with Crippen LogP contribution in [0.5, 0.6) is 17.2 Å². The van der Waals surface area contributed by atoms with Gasteiger partial charge in [0, 0.05) is 69.0 Å². The van der Waals surface area contributed by atoms with Crippen LogP contribution in [-0.4, -0.2) is 61.0 Å². The van der Waals surface area contributed by atoms with E-state index in [1.54, 1.807) is 12.1 Å². The fourth-order valence-corrected chi connectivity index (χ4v) is 10.2. The number of Topliss-reactive ketones (excluding diaryl/α,β-unsaturated/α-hetero) is 1. The fourth-order valence-electron chi connectivity index (χ4n) is 10.2. The molecule has 335 valence electrons. The third kappa shape index (κ3) is 8.94. The number of aromatic hydroxyl groups is 2. The van der Waals surface area contributed by atoms with Crippen LogP contribution in [0.4, 0.5) is 5.69 Å². The number of ketones is 1. The first-order valence-corrected chi connectivity index (χ1v) is 22.2. The molecule has 6 aliphatic rings. The third-order valence-corrected chi connectivity index (χ3v) is 13.7. The standard InChI is InChI=1S/C24H24N4O.2C14H22O2.Co/c1-28-17-11-14-8-15(12-17)10-16(9-14)24(28)13-27-22-18-4-2-6-25-20(18)21-19(23(22)29-24)5-3-7-26-21;2*1-13(2,3)9-7-10(14(4,5)6)12(16)11(15)8-9;/h2-7,13-17H,8-12H2,1H3;7-8,15-16H,1-6H3;7-9,15H,1-6H3;. The Morgan fingerprint density at radius 1 is 0.742 bits per heavy atom. The number of aromatic nitrogens is 2. The maximum absolute atomic E-state index is 11.9. The number of allylic oxidation sites excluding steroid dienone is 3. The molecule has 4 fully saturated rings. The second-order valence-electron chi connectivity index (χ2n) is 22.5. The number of carbonyl (C=O) groups is 1.